The zero-order valence-corrected chi connectivity index (χ0v) is 16.5. The van der Waals surface area contributed by atoms with E-state index in [1.807, 2.05) is 11.3 Å². The molecule has 0 saturated heterocycles. The van der Waals surface area contributed by atoms with Crippen LogP contribution in [0.4, 0.5) is 0 Å². The number of rotatable bonds is 1. The summed E-state index contributed by atoms with van der Waals surface area (Å²) in [5, 5.41) is 1.45. The van der Waals surface area contributed by atoms with Gasteiger partial charge in [-0.25, -0.2) is 4.98 Å². The van der Waals surface area contributed by atoms with E-state index >= 15 is 0 Å². The van der Waals surface area contributed by atoms with Crippen molar-refractivity contribution in [3.8, 4) is 22.4 Å². The van der Waals surface area contributed by atoms with Gasteiger partial charge in [0.15, 0.2) is 0 Å². The second-order valence-corrected chi connectivity index (χ2v) is 8.49. The fourth-order valence-corrected chi connectivity index (χ4v) is 6.01. The lowest BCUT2D eigenvalue weighted by molar-refractivity contribution is -0.00000493. The van der Waals surface area contributed by atoms with Crippen LogP contribution in [0.15, 0.2) is 54.6 Å². The van der Waals surface area contributed by atoms with E-state index in [2.05, 4.69) is 54.6 Å². The van der Waals surface area contributed by atoms with Crippen LogP contribution in [-0.4, -0.2) is 4.98 Å². The lowest BCUT2D eigenvalue weighted by Gasteiger charge is -2.15. The molecule has 2 aromatic carbocycles. The number of halogens is 1. The van der Waals surface area contributed by atoms with Crippen LogP contribution in [0.3, 0.4) is 0 Å². The minimum atomic E-state index is 0. The lowest BCUT2D eigenvalue weighted by atomic mass is 9.90. The van der Waals surface area contributed by atoms with Crippen LogP contribution in [0.5, 0.6) is 0 Å². The molecule has 6 rings (SSSR count). The highest BCUT2D eigenvalue weighted by Gasteiger charge is 2.28. The summed E-state index contributed by atoms with van der Waals surface area (Å²) >= 11 is 1.94. The summed E-state index contributed by atoms with van der Waals surface area (Å²) in [5.41, 5.74) is 9.76. The van der Waals surface area contributed by atoms with Crippen LogP contribution >= 0.6 is 11.3 Å². The van der Waals surface area contributed by atoms with Gasteiger partial charge in [0.25, 0.3) is 0 Å². The highest BCUT2D eigenvalue weighted by molar-refractivity contribution is 7.19. The molecule has 0 atom stereocenters. The number of thiophene rings is 1. The first-order valence-corrected chi connectivity index (χ1v) is 10.3. The summed E-state index contributed by atoms with van der Waals surface area (Å²) in [6.45, 7) is 0. The normalized spacial score (nSPS) is 14.4. The van der Waals surface area contributed by atoms with Gasteiger partial charge in [0.2, 0.25) is 0 Å². The van der Waals surface area contributed by atoms with E-state index < -0.39 is 0 Å². The van der Waals surface area contributed by atoms with Crippen LogP contribution in [0.1, 0.15) is 34.4 Å². The molecule has 2 aliphatic rings. The predicted octanol–water partition coefficient (Wildman–Crippen LogP) is 3.42. The molecule has 0 spiro atoms. The molecule has 0 saturated carbocycles. The fourth-order valence-electron chi connectivity index (χ4n) is 4.74. The van der Waals surface area contributed by atoms with E-state index in [-0.39, 0.29) is 12.4 Å². The van der Waals surface area contributed by atoms with Gasteiger partial charge in [-0.3, -0.25) is 0 Å². The number of pyridine rings is 1. The molecule has 1 nitrogen and oxygen atoms in total. The molecule has 0 N–H and O–H groups in total. The fraction of sp³-hybridized carbons (Fsp3) is 0.208. The van der Waals surface area contributed by atoms with Crippen molar-refractivity contribution in [2.75, 3.05) is 0 Å². The second-order valence-electron chi connectivity index (χ2n) is 7.40. The number of nitrogens with zero attached hydrogens (tertiary/aromatic N) is 1. The molecule has 0 aliphatic heterocycles. The summed E-state index contributed by atoms with van der Waals surface area (Å²) in [5.74, 6) is 0. The monoisotopic (exact) mass is 388 g/mol. The van der Waals surface area contributed by atoms with Gasteiger partial charge in [-0.15, -0.1) is 11.3 Å². The Hall–Kier alpha value is -2.16. The summed E-state index contributed by atoms with van der Waals surface area (Å²) < 4.78 is 0. The highest BCUT2D eigenvalue weighted by atomic mass is 35.5. The Morgan fingerprint density at radius 2 is 1.59 bits per heavy atom. The van der Waals surface area contributed by atoms with E-state index in [9.17, 15) is 0 Å². The number of benzene rings is 2. The third kappa shape index (κ3) is 2.47. The summed E-state index contributed by atoms with van der Waals surface area (Å²) in [4.78, 5) is 8.03. The highest BCUT2D eigenvalue weighted by Crippen LogP contribution is 2.48. The number of hydrogen-bond donors (Lipinski definition) is 0. The Morgan fingerprint density at radius 3 is 2.48 bits per heavy atom. The van der Waals surface area contributed by atoms with Crippen molar-refractivity contribution in [2.24, 2.45) is 0 Å². The molecule has 3 heteroatoms. The quantitative estimate of drug-likeness (QED) is 0.429. The van der Waals surface area contributed by atoms with Gasteiger partial charge in [-0.2, -0.15) is 0 Å². The molecule has 2 aliphatic carbocycles. The number of aryl methyl sites for hydroxylation is 2. The first kappa shape index (κ1) is 17.0. The lowest BCUT2D eigenvalue weighted by Crippen LogP contribution is -3.00. The van der Waals surface area contributed by atoms with Crippen LogP contribution in [0, 0.1) is 0 Å². The van der Waals surface area contributed by atoms with Crippen molar-refractivity contribution in [1.82, 2.24) is 4.98 Å². The van der Waals surface area contributed by atoms with E-state index in [4.69, 9.17) is 4.98 Å². The molecular weight excluding hydrogens is 370 g/mol. The number of hydrogen-bond acceptors (Lipinski definition) is 2. The maximum absolute atomic E-state index is 5.21. The van der Waals surface area contributed by atoms with Crippen LogP contribution < -0.4 is 12.4 Å². The van der Waals surface area contributed by atoms with Crippen LogP contribution in [0.25, 0.3) is 32.6 Å². The second kappa shape index (κ2) is 6.47. The molecule has 2 heterocycles. The van der Waals surface area contributed by atoms with Gasteiger partial charge >= 0.3 is 0 Å². The molecule has 0 radical (unpaired) electrons. The topological polar surface area (TPSA) is 12.9 Å². The van der Waals surface area contributed by atoms with Crippen molar-refractivity contribution >= 4 is 21.6 Å². The average molecular weight is 389 g/mol. The smallest absolute Gasteiger partial charge is 0.125 e. The van der Waals surface area contributed by atoms with Crippen molar-refractivity contribution in [3.63, 3.8) is 0 Å². The molecule has 2 aromatic heterocycles. The van der Waals surface area contributed by atoms with Gasteiger partial charge in [0.05, 0.1) is 5.69 Å². The molecule has 4 aromatic rings. The number of fused-ring (bicyclic) bond motifs is 6. The Labute approximate surface area is 169 Å². The zero-order chi connectivity index (χ0) is 17.1. The van der Waals surface area contributed by atoms with Crippen molar-refractivity contribution in [2.45, 2.75) is 32.1 Å². The van der Waals surface area contributed by atoms with Gasteiger partial charge in [0.1, 0.15) is 4.83 Å². The third-order valence-electron chi connectivity index (χ3n) is 5.91. The maximum atomic E-state index is 5.21. The van der Waals surface area contributed by atoms with Crippen molar-refractivity contribution in [3.05, 3.63) is 76.2 Å². The van der Waals surface area contributed by atoms with E-state index in [1.54, 1.807) is 10.4 Å². The molecular formula is C24H19ClNS-. The molecule has 0 amide bonds. The first-order chi connectivity index (χ1) is 12.9. The van der Waals surface area contributed by atoms with Gasteiger partial charge < -0.3 is 12.4 Å². The largest absolute Gasteiger partial charge is 1.00 e. The first-order valence-electron chi connectivity index (χ1n) is 9.51. The molecule has 0 fully saturated rings. The summed E-state index contributed by atoms with van der Waals surface area (Å²) in [6, 6.07) is 19.8. The minimum absolute atomic E-state index is 0. The Balaban J connectivity index is 0.00000160. The van der Waals surface area contributed by atoms with E-state index in [0.717, 1.165) is 6.42 Å². The Kier molecular flexibility index (Phi) is 4.07. The molecule has 0 bridgehead atoms. The summed E-state index contributed by atoms with van der Waals surface area (Å²) in [6.07, 6.45) is 6.07. The van der Waals surface area contributed by atoms with Gasteiger partial charge in [0, 0.05) is 22.2 Å². The van der Waals surface area contributed by atoms with E-state index in [1.165, 1.54) is 69.4 Å². The minimum Gasteiger partial charge on any atom is -1.00 e. The predicted molar refractivity (Wildman–Crippen MR) is 110 cm³/mol. The Morgan fingerprint density at radius 1 is 0.815 bits per heavy atom. The maximum Gasteiger partial charge on any atom is 0.125 e. The van der Waals surface area contributed by atoms with Gasteiger partial charge in [-0.1, -0.05) is 54.6 Å². The van der Waals surface area contributed by atoms with Crippen molar-refractivity contribution in [1.29, 1.82) is 0 Å². The van der Waals surface area contributed by atoms with Crippen molar-refractivity contribution < 1.29 is 12.4 Å². The number of aromatic nitrogens is 1. The molecule has 134 valence electrons. The SMILES string of the molecule is [Cl-].c1ccc(-c2c3c(nc4sc5c(c24)CCCC5)-c2ccccc2C3)cc1. The van der Waals surface area contributed by atoms with Gasteiger partial charge in [-0.05, 0) is 53.5 Å². The van der Waals surface area contributed by atoms with E-state index in [0.29, 0.717) is 0 Å². The third-order valence-corrected chi connectivity index (χ3v) is 7.09. The molecule has 0 unspecified atom stereocenters. The Bertz CT molecular complexity index is 1160. The zero-order valence-electron chi connectivity index (χ0n) is 15.0. The molecule has 27 heavy (non-hydrogen) atoms. The average Bonchev–Trinajstić information content (AvgIpc) is 3.25. The standard InChI is InChI=1S/C24H19NS.ClH/c1-2-8-15(9-3-1)21-19-14-16-10-4-5-11-17(16)23(19)25-24-22(21)18-12-6-7-13-20(18)26-24;/h1-5,8-11H,6-7,12-14H2;1H/p-1. The van der Waals surface area contributed by atoms with Crippen LogP contribution in [-0.2, 0) is 19.3 Å². The van der Waals surface area contributed by atoms with Crippen LogP contribution in [0.2, 0.25) is 0 Å². The summed E-state index contributed by atoms with van der Waals surface area (Å²) in [7, 11) is 0.